The molecular weight excluding hydrogens is 232 g/mol. The largest absolute Gasteiger partial charge is 0.326 e. The summed E-state index contributed by atoms with van der Waals surface area (Å²) >= 11 is 1.70. The van der Waals surface area contributed by atoms with Gasteiger partial charge < -0.3 is 10.6 Å². The number of nitrogens with one attached hydrogen (secondary N) is 2. The van der Waals surface area contributed by atoms with Crippen molar-refractivity contribution in [1.29, 1.82) is 0 Å². The van der Waals surface area contributed by atoms with Gasteiger partial charge in [-0.1, -0.05) is 0 Å². The first-order valence-corrected chi connectivity index (χ1v) is 7.17. The molecule has 1 amide bonds. The Morgan fingerprint density at radius 1 is 1.41 bits per heavy atom. The zero-order valence-corrected chi connectivity index (χ0v) is 10.8. The molecule has 1 aromatic rings. The van der Waals surface area contributed by atoms with Crippen LogP contribution in [0.25, 0.3) is 0 Å². The molecule has 1 heterocycles. The summed E-state index contributed by atoms with van der Waals surface area (Å²) in [5.41, 5.74) is 0.887. The zero-order valence-electron chi connectivity index (χ0n) is 10.0. The zero-order chi connectivity index (χ0) is 12.1. The van der Waals surface area contributed by atoms with Gasteiger partial charge >= 0.3 is 0 Å². The summed E-state index contributed by atoms with van der Waals surface area (Å²) in [6.45, 7) is 1.83. The van der Waals surface area contributed by atoms with Crippen molar-refractivity contribution < 1.29 is 4.79 Å². The van der Waals surface area contributed by atoms with Gasteiger partial charge in [-0.15, -0.1) is 11.8 Å². The maximum atomic E-state index is 12.0. The quantitative estimate of drug-likeness (QED) is 0.809. The highest BCUT2D eigenvalue weighted by Gasteiger charge is 2.20. The molecule has 0 unspecified atom stereocenters. The third kappa shape index (κ3) is 3.48. The molecule has 2 rings (SSSR count). The number of thioether (sulfide) groups is 1. The topological polar surface area (TPSA) is 41.1 Å². The Bertz CT molecular complexity index is 372. The fourth-order valence-corrected chi connectivity index (χ4v) is 2.40. The molecule has 0 aliphatic carbocycles. The average molecular weight is 250 g/mol. The van der Waals surface area contributed by atoms with Gasteiger partial charge in [0.05, 0.1) is 5.92 Å². The van der Waals surface area contributed by atoms with Gasteiger partial charge in [0, 0.05) is 17.1 Å². The van der Waals surface area contributed by atoms with Crippen LogP contribution in [0.1, 0.15) is 12.8 Å². The number of carbonyl (C=O) groups is 1. The molecule has 1 aromatic carbocycles. The van der Waals surface area contributed by atoms with Gasteiger partial charge in [0.15, 0.2) is 0 Å². The van der Waals surface area contributed by atoms with Crippen LogP contribution >= 0.6 is 11.8 Å². The summed E-state index contributed by atoms with van der Waals surface area (Å²) in [5.74, 6) is 0.248. The molecule has 3 nitrogen and oxygen atoms in total. The third-order valence-electron chi connectivity index (χ3n) is 3.03. The van der Waals surface area contributed by atoms with E-state index >= 15 is 0 Å². The van der Waals surface area contributed by atoms with Gasteiger partial charge in [-0.25, -0.2) is 0 Å². The number of benzene rings is 1. The lowest BCUT2D eigenvalue weighted by molar-refractivity contribution is -0.120. The second-order valence-corrected chi connectivity index (χ2v) is 5.14. The third-order valence-corrected chi connectivity index (χ3v) is 3.77. The van der Waals surface area contributed by atoms with Crippen LogP contribution < -0.4 is 10.6 Å². The molecule has 1 fully saturated rings. The van der Waals surface area contributed by atoms with E-state index in [-0.39, 0.29) is 11.8 Å². The summed E-state index contributed by atoms with van der Waals surface area (Å²) < 4.78 is 0. The number of hydrogen-bond acceptors (Lipinski definition) is 3. The molecule has 1 aliphatic rings. The van der Waals surface area contributed by atoms with E-state index in [1.165, 1.54) is 4.90 Å². The van der Waals surface area contributed by atoms with Crippen molar-refractivity contribution in [3.63, 3.8) is 0 Å². The lowest BCUT2D eigenvalue weighted by Crippen LogP contribution is -2.37. The normalized spacial score (nSPS) is 19.9. The lowest BCUT2D eigenvalue weighted by Gasteiger charge is -2.21. The Morgan fingerprint density at radius 3 is 2.76 bits per heavy atom. The van der Waals surface area contributed by atoms with E-state index in [4.69, 9.17) is 0 Å². The van der Waals surface area contributed by atoms with Crippen molar-refractivity contribution in [3.05, 3.63) is 24.3 Å². The van der Waals surface area contributed by atoms with E-state index in [2.05, 4.69) is 10.6 Å². The van der Waals surface area contributed by atoms with Gasteiger partial charge in [-0.2, -0.15) is 0 Å². The van der Waals surface area contributed by atoms with Crippen LogP contribution in [0.2, 0.25) is 0 Å². The molecule has 1 aliphatic heterocycles. The van der Waals surface area contributed by atoms with Crippen LogP contribution in [-0.2, 0) is 4.79 Å². The molecule has 0 spiro atoms. The van der Waals surface area contributed by atoms with Crippen LogP contribution in [0.4, 0.5) is 5.69 Å². The smallest absolute Gasteiger partial charge is 0.228 e. The van der Waals surface area contributed by atoms with Gasteiger partial charge in [0.25, 0.3) is 0 Å². The van der Waals surface area contributed by atoms with Crippen LogP contribution in [0.15, 0.2) is 29.2 Å². The highest BCUT2D eigenvalue weighted by atomic mass is 32.2. The average Bonchev–Trinajstić information content (AvgIpc) is 2.40. The Morgan fingerprint density at radius 2 is 2.18 bits per heavy atom. The Kier molecular flexibility index (Phi) is 4.45. The number of piperidine rings is 1. The second kappa shape index (κ2) is 6.07. The first-order valence-electron chi connectivity index (χ1n) is 5.95. The van der Waals surface area contributed by atoms with Gasteiger partial charge in [-0.3, -0.25) is 4.79 Å². The monoisotopic (exact) mass is 250 g/mol. The van der Waals surface area contributed by atoms with Gasteiger partial charge in [0.1, 0.15) is 0 Å². The maximum Gasteiger partial charge on any atom is 0.228 e. The molecule has 0 saturated carbocycles. The Hall–Kier alpha value is -1.00. The van der Waals surface area contributed by atoms with Crippen LogP contribution in [0, 0.1) is 5.92 Å². The molecule has 1 saturated heterocycles. The van der Waals surface area contributed by atoms with Crippen molar-refractivity contribution in [3.8, 4) is 0 Å². The minimum Gasteiger partial charge on any atom is -0.326 e. The van der Waals surface area contributed by atoms with Crippen LogP contribution in [-0.4, -0.2) is 25.3 Å². The first kappa shape index (κ1) is 12.5. The van der Waals surface area contributed by atoms with Crippen molar-refractivity contribution >= 4 is 23.4 Å². The highest BCUT2D eigenvalue weighted by Crippen LogP contribution is 2.19. The molecule has 92 valence electrons. The highest BCUT2D eigenvalue weighted by molar-refractivity contribution is 7.98. The summed E-state index contributed by atoms with van der Waals surface area (Å²) in [6.07, 6.45) is 4.12. The molecule has 17 heavy (non-hydrogen) atoms. The van der Waals surface area contributed by atoms with E-state index in [9.17, 15) is 4.79 Å². The molecular formula is C13H18N2OS. The number of hydrogen-bond donors (Lipinski definition) is 2. The number of carbonyl (C=O) groups excluding carboxylic acids is 1. The van der Waals surface area contributed by atoms with Gasteiger partial charge in [-0.05, 0) is 49.9 Å². The first-order chi connectivity index (χ1) is 8.29. The standard InChI is InChI=1S/C13H18N2OS/c1-17-12-6-4-11(5-7-12)15-13(16)10-3-2-8-14-9-10/h4-7,10,14H,2-3,8-9H2,1H3,(H,15,16)/t10-/m1/s1. The fourth-order valence-electron chi connectivity index (χ4n) is 1.99. The van der Waals surface area contributed by atoms with Crippen molar-refractivity contribution in [2.45, 2.75) is 17.7 Å². The van der Waals surface area contributed by atoms with E-state index in [0.29, 0.717) is 0 Å². The fraction of sp³-hybridized carbons (Fsp3) is 0.462. The summed E-state index contributed by atoms with van der Waals surface area (Å²) in [6, 6.07) is 7.97. The van der Waals surface area contributed by atoms with Crippen molar-refractivity contribution in [1.82, 2.24) is 5.32 Å². The molecule has 0 bridgehead atoms. The SMILES string of the molecule is CSc1ccc(NC(=O)[C@@H]2CCCNC2)cc1. The molecule has 0 radical (unpaired) electrons. The summed E-state index contributed by atoms with van der Waals surface area (Å²) in [5, 5.41) is 6.23. The van der Waals surface area contributed by atoms with Crippen LogP contribution in [0.3, 0.4) is 0 Å². The Labute approximate surface area is 106 Å². The summed E-state index contributed by atoms with van der Waals surface area (Å²) in [7, 11) is 0. The van der Waals surface area contributed by atoms with Crippen molar-refractivity contribution in [2.24, 2.45) is 5.92 Å². The number of anilines is 1. The molecule has 1 atom stereocenters. The minimum absolute atomic E-state index is 0.115. The van der Waals surface area contributed by atoms with E-state index in [1.807, 2.05) is 30.5 Å². The van der Waals surface area contributed by atoms with E-state index < -0.39 is 0 Å². The predicted molar refractivity (Wildman–Crippen MR) is 72.4 cm³/mol. The number of rotatable bonds is 3. The van der Waals surface area contributed by atoms with E-state index in [0.717, 1.165) is 31.6 Å². The predicted octanol–water partition coefficient (Wildman–Crippen LogP) is 2.35. The van der Waals surface area contributed by atoms with Crippen LogP contribution in [0.5, 0.6) is 0 Å². The van der Waals surface area contributed by atoms with E-state index in [1.54, 1.807) is 11.8 Å². The summed E-state index contributed by atoms with van der Waals surface area (Å²) in [4.78, 5) is 13.2. The Balaban J connectivity index is 1.92. The second-order valence-electron chi connectivity index (χ2n) is 4.26. The van der Waals surface area contributed by atoms with Gasteiger partial charge in [0.2, 0.25) is 5.91 Å². The van der Waals surface area contributed by atoms with Crippen molar-refractivity contribution in [2.75, 3.05) is 24.7 Å². The minimum atomic E-state index is 0.115. The molecule has 0 aromatic heterocycles. The molecule has 4 heteroatoms. The maximum absolute atomic E-state index is 12.0. The lowest BCUT2D eigenvalue weighted by atomic mass is 9.99. The molecule has 2 N–H and O–H groups in total. The number of amides is 1.